The predicted molar refractivity (Wildman–Crippen MR) is 80.1 cm³/mol. The Morgan fingerprint density at radius 2 is 1.73 bits per heavy atom. The summed E-state index contributed by atoms with van der Waals surface area (Å²) in [5.41, 5.74) is 0. The number of carboxylic acids is 1. The van der Waals surface area contributed by atoms with Gasteiger partial charge in [0, 0.05) is 6.54 Å². The third kappa shape index (κ3) is 6.01. The van der Waals surface area contributed by atoms with Gasteiger partial charge >= 0.3 is 5.97 Å². The van der Waals surface area contributed by atoms with Crippen LogP contribution in [0.25, 0.3) is 0 Å². The van der Waals surface area contributed by atoms with Crippen LogP contribution in [-0.2, 0) is 19.1 Å². The van der Waals surface area contributed by atoms with Gasteiger partial charge in [-0.05, 0) is 24.7 Å². The quantitative estimate of drug-likeness (QED) is 0.538. The molecule has 1 rings (SSSR count). The van der Waals surface area contributed by atoms with E-state index in [-0.39, 0.29) is 11.8 Å². The zero-order valence-corrected chi connectivity index (χ0v) is 13.6. The number of rotatable bonds is 9. The third-order valence-corrected chi connectivity index (χ3v) is 3.35. The van der Waals surface area contributed by atoms with Gasteiger partial charge in [-0.15, -0.1) is 0 Å². The van der Waals surface area contributed by atoms with E-state index in [0.29, 0.717) is 18.9 Å². The minimum atomic E-state index is -1.16. The summed E-state index contributed by atoms with van der Waals surface area (Å²) < 4.78 is 4.80. The van der Waals surface area contributed by atoms with Crippen molar-refractivity contribution in [3.05, 3.63) is 0 Å². The summed E-state index contributed by atoms with van der Waals surface area (Å²) in [6, 6.07) is -0.668. The largest absolute Gasteiger partial charge is 0.479 e. The fourth-order valence-corrected chi connectivity index (χ4v) is 2.06. The van der Waals surface area contributed by atoms with Gasteiger partial charge in [-0.25, -0.2) is 4.79 Å². The molecule has 1 aliphatic rings. The van der Waals surface area contributed by atoms with E-state index in [1.807, 2.05) is 13.8 Å². The van der Waals surface area contributed by atoms with E-state index in [0.717, 1.165) is 6.42 Å². The molecular formula is C15H26N2O5. The molecule has 1 aliphatic heterocycles. The smallest absolute Gasteiger partial charge is 0.336 e. The molecule has 0 spiro atoms. The SMILES string of the molecule is CC(C)CCNC(=O)[C@H](CC(C)C)NC(=O)C1OC1C(=O)O. The first-order valence-electron chi connectivity index (χ1n) is 7.68. The van der Waals surface area contributed by atoms with E-state index in [4.69, 9.17) is 9.84 Å². The predicted octanol–water partition coefficient (Wildman–Crippen LogP) is 0.532. The fraction of sp³-hybridized carbons (Fsp3) is 0.800. The zero-order valence-electron chi connectivity index (χ0n) is 13.6. The molecule has 7 nitrogen and oxygen atoms in total. The highest BCUT2D eigenvalue weighted by atomic mass is 16.6. The highest BCUT2D eigenvalue weighted by molar-refractivity contribution is 5.95. The molecular weight excluding hydrogens is 288 g/mol. The van der Waals surface area contributed by atoms with Gasteiger partial charge in [-0.3, -0.25) is 9.59 Å². The van der Waals surface area contributed by atoms with Crippen molar-refractivity contribution in [2.75, 3.05) is 6.54 Å². The lowest BCUT2D eigenvalue weighted by atomic mass is 10.0. The molecule has 0 aromatic rings. The number of carbonyl (C=O) groups excluding carboxylic acids is 2. The van der Waals surface area contributed by atoms with Crippen molar-refractivity contribution < 1.29 is 24.2 Å². The van der Waals surface area contributed by atoms with Gasteiger partial charge in [0.1, 0.15) is 6.04 Å². The molecule has 0 bridgehead atoms. The zero-order chi connectivity index (χ0) is 16.9. The summed E-state index contributed by atoms with van der Waals surface area (Å²) in [5, 5.41) is 14.1. The summed E-state index contributed by atoms with van der Waals surface area (Å²) in [6.07, 6.45) is -0.732. The topological polar surface area (TPSA) is 108 Å². The summed E-state index contributed by atoms with van der Waals surface area (Å²) in [7, 11) is 0. The molecule has 2 unspecified atom stereocenters. The van der Waals surface area contributed by atoms with Crippen molar-refractivity contribution in [1.82, 2.24) is 10.6 Å². The van der Waals surface area contributed by atoms with Gasteiger partial charge in [0.25, 0.3) is 5.91 Å². The standard InChI is InChI=1S/C15H26N2O5/c1-8(2)5-6-16-13(18)10(7-9(3)4)17-14(19)11-12(22-11)15(20)21/h8-12H,5-7H2,1-4H3,(H,16,18)(H,17,19)(H,20,21)/t10-,11?,12?/m0/s1. The fourth-order valence-electron chi connectivity index (χ4n) is 2.06. The lowest BCUT2D eigenvalue weighted by molar-refractivity contribution is -0.138. The lowest BCUT2D eigenvalue weighted by Crippen LogP contribution is -2.49. The Kier molecular flexibility index (Phi) is 6.80. The summed E-state index contributed by atoms with van der Waals surface area (Å²) >= 11 is 0. The van der Waals surface area contributed by atoms with Gasteiger partial charge in [0.05, 0.1) is 0 Å². The number of ether oxygens (including phenoxy) is 1. The van der Waals surface area contributed by atoms with Crippen molar-refractivity contribution in [1.29, 1.82) is 0 Å². The van der Waals surface area contributed by atoms with Crippen LogP contribution in [-0.4, -0.2) is 47.7 Å². The van der Waals surface area contributed by atoms with E-state index in [9.17, 15) is 14.4 Å². The van der Waals surface area contributed by atoms with Crippen LogP contribution >= 0.6 is 0 Å². The number of aliphatic carboxylic acids is 1. The van der Waals surface area contributed by atoms with Gasteiger partial charge in [-0.1, -0.05) is 27.7 Å². The van der Waals surface area contributed by atoms with Crippen LogP contribution in [0, 0.1) is 11.8 Å². The summed E-state index contributed by atoms with van der Waals surface area (Å²) in [4.78, 5) is 34.8. The van der Waals surface area contributed by atoms with E-state index < -0.39 is 30.1 Å². The summed E-state index contributed by atoms with van der Waals surface area (Å²) in [6.45, 7) is 8.59. The molecule has 1 saturated heterocycles. The Hall–Kier alpha value is -1.63. The maximum Gasteiger partial charge on any atom is 0.336 e. The van der Waals surface area contributed by atoms with Crippen molar-refractivity contribution in [3.63, 3.8) is 0 Å². The second-order valence-corrected chi connectivity index (χ2v) is 6.48. The molecule has 0 aromatic carbocycles. The van der Waals surface area contributed by atoms with Gasteiger partial charge in [0.15, 0.2) is 12.2 Å². The molecule has 0 saturated carbocycles. The molecule has 0 radical (unpaired) electrons. The number of hydrogen-bond donors (Lipinski definition) is 3. The van der Waals surface area contributed by atoms with Crippen molar-refractivity contribution in [2.45, 2.75) is 58.8 Å². The van der Waals surface area contributed by atoms with Crippen molar-refractivity contribution in [3.8, 4) is 0 Å². The molecule has 7 heteroatoms. The highest BCUT2D eigenvalue weighted by Crippen LogP contribution is 2.22. The minimum Gasteiger partial charge on any atom is -0.479 e. The maximum absolute atomic E-state index is 12.2. The Labute approximate surface area is 130 Å². The first-order valence-corrected chi connectivity index (χ1v) is 7.68. The van der Waals surface area contributed by atoms with Crippen molar-refractivity contribution >= 4 is 17.8 Å². The Morgan fingerprint density at radius 3 is 2.18 bits per heavy atom. The van der Waals surface area contributed by atoms with Crippen LogP contribution in [0.1, 0.15) is 40.5 Å². The first-order chi connectivity index (χ1) is 10.2. The minimum absolute atomic E-state index is 0.219. The Bertz CT molecular complexity index is 422. The van der Waals surface area contributed by atoms with Crippen LogP contribution in [0.4, 0.5) is 0 Å². The molecule has 0 aromatic heterocycles. The van der Waals surface area contributed by atoms with E-state index in [1.54, 1.807) is 0 Å². The lowest BCUT2D eigenvalue weighted by Gasteiger charge is -2.20. The van der Waals surface area contributed by atoms with E-state index in [2.05, 4.69) is 24.5 Å². The van der Waals surface area contributed by atoms with Crippen LogP contribution < -0.4 is 10.6 Å². The third-order valence-electron chi connectivity index (χ3n) is 3.35. The average Bonchev–Trinajstić information content (AvgIpc) is 3.16. The molecule has 0 aliphatic carbocycles. The molecule has 126 valence electrons. The molecule has 3 atom stereocenters. The number of nitrogens with one attached hydrogen (secondary N) is 2. The van der Waals surface area contributed by atoms with Crippen molar-refractivity contribution in [2.24, 2.45) is 11.8 Å². The number of epoxide rings is 1. The van der Waals surface area contributed by atoms with Gasteiger partial charge < -0.3 is 20.5 Å². The molecule has 1 heterocycles. The Balaban J connectivity index is 2.51. The van der Waals surface area contributed by atoms with E-state index in [1.165, 1.54) is 0 Å². The van der Waals surface area contributed by atoms with Crippen LogP contribution in [0.5, 0.6) is 0 Å². The Morgan fingerprint density at radius 1 is 1.09 bits per heavy atom. The first kappa shape index (κ1) is 18.4. The summed E-state index contributed by atoms with van der Waals surface area (Å²) in [5.74, 6) is -1.25. The number of carbonyl (C=O) groups is 3. The van der Waals surface area contributed by atoms with Gasteiger partial charge in [0.2, 0.25) is 5.91 Å². The number of carboxylic acid groups (broad SMARTS) is 1. The number of amides is 2. The second kappa shape index (κ2) is 8.12. The highest BCUT2D eigenvalue weighted by Gasteiger charge is 2.51. The van der Waals surface area contributed by atoms with Crippen LogP contribution in [0.15, 0.2) is 0 Å². The molecule has 22 heavy (non-hydrogen) atoms. The monoisotopic (exact) mass is 314 g/mol. The second-order valence-electron chi connectivity index (χ2n) is 6.48. The van der Waals surface area contributed by atoms with Crippen LogP contribution in [0.2, 0.25) is 0 Å². The molecule has 1 fully saturated rings. The normalized spacial score (nSPS) is 21.5. The molecule has 3 N–H and O–H groups in total. The van der Waals surface area contributed by atoms with E-state index >= 15 is 0 Å². The average molecular weight is 314 g/mol. The van der Waals surface area contributed by atoms with Crippen LogP contribution in [0.3, 0.4) is 0 Å². The molecule has 2 amide bonds. The number of hydrogen-bond acceptors (Lipinski definition) is 4. The maximum atomic E-state index is 12.2. The van der Waals surface area contributed by atoms with Gasteiger partial charge in [-0.2, -0.15) is 0 Å².